The van der Waals surface area contributed by atoms with E-state index in [0.717, 1.165) is 3.57 Å². The Hall–Kier alpha value is -1.16. The van der Waals surface area contributed by atoms with Gasteiger partial charge in [0.1, 0.15) is 0 Å². The first-order valence-electron chi connectivity index (χ1n) is 5.16. The predicted octanol–water partition coefficient (Wildman–Crippen LogP) is 2.57. The van der Waals surface area contributed by atoms with E-state index in [1.165, 1.54) is 0 Å². The van der Waals surface area contributed by atoms with E-state index in [2.05, 4.69) is 49.2 Å². The number of halogens is 2. The number of carbonyl (C=O) groups is 3. The number of amides is 3. The van der Waals surface area contributed by atoms with Gasteiger partial charge in [0, 0.05) is 14.5 Å². The van der Waals surface area contributed by atoms with Crippen molar-refractivity contribution in [2.75, 3.05) is 5.32 Å². The van der Waals surface area contributed by atoms with E-state index in [1.807, 2.05) is 6.07 Å². The fraction of sp³-hybridized carbons (Fsp3) is 0.182. The molecule has 0 radical (unpaired) electrons. The van der Waals surface area contributed by atoms with Gasteiger partial charge in [-0.3, -0.25) is 14.9 Å². The molecule has 0 aromatic heterocycles. The Bertz CT molecular complexity index is 521. The summed E-state index contributed by atoms with van der Waals surface area (Å²) in [5.41, 5.74) is 0.524. The Balaban J connectivity index is 2.53. The summed E-state index contributed by atoms with van der Waals surface area (Å²) in [6.07, 6.45) is -0.553. The van der Waals surface area contributed by atoms with Crippen LogP contribution in [0, 0.1) is 3.57 Å². The van der Waals surface area contributed by atoms with Crippen LogP contribution < -0.4 is 10.6 Å². The molecular weight excluding hydrogens is 431 g/mol. The van der Waals surface area contributed by atoms with Crippen molar-refractivity contribution in [1.82, 2.24) is 5.32 Å². The first kappa shape index (κ1) is 15.9. The van der Waals surface area contributed by atoms with Crippen molar-refractivity contribution in [2.24, 2.45) is 0 Å². The number of carboxylic acids is 1. The van der Waals surface area contributed by atoms with Gasteiger partial charge in [0.25, 0.3) is 0 Å². The third-order valence-corrected chi connectivity index (χ3v) is 3.36. The molecule has 0 fully saturated rings. The monoisotopic (exact) mass is 440 g/mol. The van der Waals surface area contributed by atoms with Gasteiger partial charge in [0.2, 0.25) is 5.91 Å². The molecule has 102 valence electrons. The SMILES string of the molecule is O=C(O)CCC(=O)NC(=O)Nc1cc(I)ccc1Br. The van der Waals surface area contributed by atoms with Gasteiger partial charge in [0.15, 0.2) is 0 Å². The average molecular weight is 441 g/mol. The molecule has 0 heterocycles. The molecule has 0 bridgehead atoms. The number of benzene rings is 1. The maximum atomic E-state index is 11.5. The van der Waals surface area contributed by atoms with Crippen LogP contribution in [0.3, 0.4) is 0 Å². The van der Waals surface area contributed by atoms with Crippen LogP contribution in [0.1, 0.15) is 12.8 Å². The maximum Gasteiger partial charge on any atom is 0.325 e. The minimum absolute atomic E-state index is 0.240. The third-order valence-electron chi connectivity index (χ3n) is 2.00. The second kappa shape index (κ2) is 7.43. The van der Waals surface area contributed by atoms with E-state index in [1.54, 1.807) is 12.1 Å². The van der Waals surface area contributed by atoms with Crippen LogP contribution in [0.15, 0.2) is 22.7 Å². The second-order valence-corrected chi connectivity index (χ2v) is 5.62. The molecule has 8 heteroatoms. The highest BCUT2D eigenvalue weighted by atomic mass is 127. The Morgan fingerprint density at radius 3 is 2.58 bits per heavy atom. The lowest BCUT2D eigenvalue weighted by Crippen LogP contribution is -2.34. The lowest BCUT2D eigenvalue weighted by molar-refractivity contribution is -0.138. The summed E-state index contributed by atoms with van der Waals surface area (Å²) in [4.78, 5) is 33.0. The number of carbonyl (C=O) groups excluding carboxylic acids is 2. The molecule has 1 rings (SSSR count). The van der Waals surface area contributed by atoms with Crippen molar-refractivity contribution >= 4 is 62.1 Å². The van der Waals surface area contributed by atoms with E-state index in [9.17, 15) is 14.4 Å². The lowest BCUT2D eigenvalue weighted by atomic mass is 10.3. The summed E-state index contributed by atoms with van der Waals surface area (Å²) in [6.45, 7) is 0. The van der Waals surface area contributed by atoms with Gasteiger partial charge in [-0.15, -0.1) is 0 Å². The van der Waals surface area contributed by atoms with Crippen molar-refractivity contribution in [3.63, 3.8) is 0 Å². The number of carboxylic acid groups (broad SMARTS) is 1. The Labute approximate surface area is 131 Å². The van der Waals surface area contributed by atoms with Gasteiger partial charge in [-0.05, 0) is 56.7 Å². The summed E-state index contributed by atoms with van der Waals surface area (Å²) >= 11 is 5.36. The summed E-state index contributed by atoms with van der Waals surface area (Å²) in [5, 5.41) is 13.0. The molecule has 0 saturated carbocycles. The van der Waals surface area contributed by atoms with Crippen molar-refractivity contribution in [3.05, 3.63) is 26.2 Å². The van der Waals surface area contributed by atoms with Crippen LogP contribution in [0.25, 0.3) is 0 Å². The number of aliphatic carboxylic acids is 1. The molecule has 0 aliphatic rings. The topological polar surface area (TPSA) is 95.5 Å². The van der Waals surface area contributed by atoms with E-state index < -0.39 is 17.9 Å². The van der Waals surface area contributed by atoms with Crippen LogP contribution in [0.4, 0.5) is 10.5 Å². The lowest BCUT2D eigenvalue weighted by Gasteiger charge is -2.08. The Kier molecular flexibility index (Phi) is 6.22. The molecule has 19 heavy (non-hydrogen) atoms. The van der Waals surface area contributed by atoms with Gasteiger partial charge in [-0.1, -0.05) is 0 Å². The normalized spacial score (nSPS) is 9.79. The molecule has 0 atom stereocenters. The van der Waals surface area contributed by atoms with E-state index >= 15 is 0 Å². The first-order chi connectivity index (χ1) is 8.88. The third kappa shape index (κ3) is 6.01. The number of nitrogens with one attached hydrogen (secondary N) is 2. The molecule has 3 amide bonds. The van der Waals surface area contributed by atoms with Crippen LogP contribution in [-0.4, -0.2) is 23.0 Å². The van der Waals surface area contributed by atoms with Gasteiger partial charge >= 0.3 is 12.0 Å². The molecule has 3 N–H and O–H groups in total. The van der Waals surface area contributed by atoms with Crippen molar-refractivity contribution in [2.45, 2.75) is 12.8 Å². The van der Waals surface area contributed by atoms with Gasteiger partial charge in [-0.25, -0.2) is 4.79 Å². The fourth-order valence-electron chi connectivity index (χ4n) is 1.16. The van der Waals surface area contributed by atoms with Crippen molar-refractivity contribution < 1.29 is 19.5 Å². The summed E-state index contributed by atoms with van der Waals surface area (Å²) in [5.74, 6) is -1.72. The molecule has 1 aromatic carbocycles. The number of imide groups is 1. The number of hydrogen-bond acceptors (Lipinski definition) is 3. The van der Waals surface area contributed by atoms with Crippen LogP contribution >= 0.6 is 38.5 Å². The molecule has 0 aliphatic heterocycles. The van der Waals surface area contributed by atoms with Gasteiger partial charge in [0.05, 0.1) is 12.1 Å². The highest BCUT2D eigenvalue weighted by Crippen LogP contribution is 2.24. The highest BCUT2D eigenvalue weighted by molar-refractivity contribution is 14.1. The molecule has 0 spiro atoms. The first-order valence-corrected chi connectivity index (χ1v) is 7.03. The van der Waals surface area contributed by atoms with Gasteiger partial charge in [-0.2, -0.15) is 0 Å². The van der Waals surface area contributed by atoms with Gasteiger partial charge < -0.3 is 10.4 Å². The van der Waals surface area contributed by atoms with Crippen molar-refractivity contribution in [3.8, 4) is 0 Å². The minimum atomic E-state index is -1.09. The minimum Gasteiger partial charge on any atom is -0.481 e. The van der Waals surface area contributed by atoms with Crippen molar-refractivity contribution in [1.29, 1.82) is 0 Å². The van der Waals surface area contributed by atoms with E-state index in [-0.39, 0.29) is 12.8 Å². The van der Waals surface area contributed by atoms with Crippen LogP contribution in [0.2, 0.25) is 0 Å². The number of anilines is 1. The molecule has 6 nitrogen and oxygen atoms in total. The standard InChI is InChI=1S/C11H10BrIN2O4/c12-7-2-1-6(13)5-8(7)14-11(19)15-9(16)3-4-10(17)18/h1-2,5H,3-4H2,(H,17,18)(H2,14,15,16,19). The number of rotatable bonds is 4. The van der Waals surface area contributed by atoms with Crippen LogP contribution in [-0.2, 0) is 9.59 Å². The highest BCUT2D eigenvalue weighted by Gasteiger charge is 2.11. The zero-order chi connectivity index (χ0) is 14.4. The molecule has 0 aliphatic carbocycles. The Morgan fingerprint density at radius 1 is 1.26 bits per heavy atom. The predicted molar refractivity (Wildman–Crippen MR) is 80.9 cm³/mol. The molecule has 0 unspecified atom stereocenters. The second-order valence-electron chi connectivity index (χ2n) is 3.52. The van der Waals surface area contributed by atoms with E-state index in [4.69, 9.17) is 5.11 Å². The molecule has 1 aromatic rings. The zero-order valence-electron chi connectivity index (χ0n) is 9.57. The summed E-state index contributed by atoms with van der Waals surface area (Å²) in [7, 11) is 0. The smallest absolute Gasteiger partial charge is 0.325 e. The number of hydrogen-bond donors (Lipinski definition) is 3. The maximum absolute atomic E-state index is 11.5. The fourth-order valence-corrected chi connectivity index (χ4v) is 1.99. The number of urea groups is 1. The average Bonchev–Trinajstić information content (AvgIpc) is 2.31. The quantitative estimate of drug-likeness (QED) is 0.627. The largest absolute Gasteiger partial charge is 0.481 e. The zero-order valence-corrected chi connectivity index (χ0v) is 13.3. The molecular formula is C11H10BrIN2O4. The van der Waals surface area contributed by atoms with E-state index in [0.29, 0.717) is 10.2 Å². The summed E-state index contributed by atoms with van der Waals surface area (Å²) in [6, 6.07) is 4.65. The van der Waals surface area contributed by atoms with Crippen LogP contribution in [0.5, 0.6) is 0 Å². The Morgan fingerprint density at radius 2 is 1.95 bits per heavy atom. The molecule has 0 saturated heterocycles. The summed E-state index contributed by atoms with van der Waals surface area (Å²) < 4.78 is 1.61.